The van der Waals surface area contributed by atoms with Crippen LogP contribution in [-0.4, -0.2) is 22.8 Å². The Morgan fingerprint density at radius 3 is 2.45 bits per heavy atom. The third-order valence-corrected chi connectivity index (χ3v) is 4.21. The second kappa shape index (κ2) is 7.28. The molecule has 1 aliphatic rings. The van der Waals surface area contributed by atoms with Gasteiger partial charge in [0.25, 0.3) is 0 Å². The predicted molar refractivity (Wildman–Crippen MR) is 90.5 cm³/mol. The molecule has 0 aromatic heterocycles. The zero-order valence-corrected chi connectivity index (χ0v) is 14.4. The molecular formula is C19H30O3. The number of aliphatic hydroxyl groups excluding tert-OH is 1. The Morgan fingerprint density at radius 2 is 2.00 bits per heavy atom. The Morgan fingerprint density at radius 1 is 1.36 bits per heavy atom. The maximum atomic E-state index is 12.0. The molecule has 0 bridgehead atoms. The molecule has 0 aromatic rings. The molecule has 3 nitrogen and oxygen atoms in total. The van der Waals surface area contributed by atoms with Crippen LogP contribution in [0, 0.1) is 5.41 Å². The van der Waals surface area contributed by atoms with E-state index in [0.29, 0.717) is 19.3 Å². The maximum absolute atomic E-state index is 12.0. The quantitative estimate of drug-likeness (QED) is 0.712. The summed E-state index contributed by atoms with van der Waals surface area (Å²) in [4.78, 5) is 12.0. The molecule has 0 heterocycles. The van der Waals surface area contributed by atoms with Crippen LogP contribution in [0.1, 0.15) is 59.8 Å². The normalized spacial score (nSPS) is 25.2. The summed E-state index contributed by atoms with van der Waals surface area (Å²) in [6.45, 7) is 15.4. The maximum Gasteiger partial charge on any atom is 0.306 e. The Labute approximate surface area is 134 Å². The fourth-order valence-electron chi connectivity index (χ4n) is 3.47. The van der Waals surface area contributed by atoms with E-state index >= 15 is 0 Å². The summed E-state index contributed by atoms with van der Waals surface area (Å²) in [6, 6.07) is 0. The van der Waals surface area contributed by atoms with E-state index in [4.69, 9.17) is 4.74 Å². The van der Waals surface area contributed by atoms with Crippen molar-refractivity contribution in [2.45, 2.75) is 71.5 Å². The topological polar surface area (TPSA) is 46.5 Å². The van der Waals surface area contributed by atoms with Crippen molar-refractivity contribution in [3.63, 3.8) is 0 Å². The first-order valence-electron chi connectivity index (χ1n) is 8.08. The van der Waals surface area contributed by atoms with Gasteiger partial charge in [-0.1, -0.05) is 38.7 Å². The number of aliphatic hydroxyl groups is 1. The highest BCUT2D eigenvalue weighted by Gasteiger charge is 2.42. The fraction of sp³-hybridized carbons (Fsp3) is 0.632. The van der Waals surface area contributed by atoms with Crippen LogP contribution in [0.3, 0.4) is 0 Å². The molecule has 124 valence electrons. The van der Waals surface area contributed by atoms with Gasteiger partial charge in [0.1, 0.15) is 5.60 Å². The van der Waals surface area contributed by atoms with E-state index in [1.165, 1.54) is 0 Å². The third kappa shape index (κ3) is 4.33. The van der Waals surface area contributed by atoms with Gasteiger partial charge in [-0.25, -0.2) is 0 Å². The van der Waals surface area contributed by atoms with E-state index < -0.39 is 11.7 Å². The van der Waals surface area contributed by atoms with E-state index in [0.717, 1.165) is 24.0 Å². The first kappa shape index (κ1) is 18.7. The molecule has 0 aliphatic heterocycles. The zero-order valence-electron chi connectivity index (χ0n) is 14.4. The van der Waals surface area contributed by atoms with E-state index in [1.807, 2.05) is 26.8 Å². The van der Waals surface area contributed by atoms with Crippen molar-refractivity contribution in [3.05, 3.63) is 36.5 Å². The van der Waals surface area contributed by atoms with Crippen LogP contribution in [0.15, 0.2) is 36.5 Å². The van der Waals surface area contributed by atoms with Crippen molar-refractivity contribution < 1.29 is 14.6 Å². The zero-order chi connectivity index (χ0) is 17.0. The number of carbonyl (C=O) groups is 1. The van der Waals surface area contributed by atoms with Gasteiger partial charge in [-0.3, -0.25) is 4.79 Å². The highest BCUT2D eigenvalue weighted by atomic mass is 16.6. The van der Waals surface area contributed by atoms with Gasteiger partial charge in [0.15, 0.2) is 0 Å². The predicted octanol–water partition coefficient (Wildman–Crippen LogP) is 4.33. The van der Waals surface area contributed by atoms with Gasteiger partial charge in [0.05, 0.1) is 6.10 Å². The highest BCUT2D eigenvalue weighted by molar-refractivity contribution is 5.70. The van der Waals surface area contributed by atoms with Gasteiger partial charge in [-0.2, -0.15) is 0 Å². The molecule has 22 heavy (non-hydrogen) atoms. The van der Waals surface area contributed by atoms with Gasteiger partial charge in [0, 0.05) is 6.42 Å². The van der Waals surface area contributed by atoms with Crippen LogP contribution < -0.4 is 0 Å². The first-order valence-corrected chi connectivity index (χ1v) is 8.08. The van der Waals surface area contributed by atoms with Crippen molar-refractivity contribution in [2.75, 3.05) is 0 Å². The third-order valence-electron chi connectivity index (χ3n) is 4.21. The molecule has 1 rings (SSSR count). The minimum absolute atomic E-state index is 0.187. The number of allylic oxidation sites excluding steroid dienone is 2. The Bertz CT molecular complexity index is 468. The summed E-state index contributed by atoms with van der Waals surface area (Å²) < 4.78 is 5.41. The van der Waals surface area contributed by atoms with Crippen molar-refractivity contribution in [3.8, 4) is 0 Å². The summed E-state index contributed by atoms with van der Waals surface area (Å²) in [5.74, 6) is -0.187. The minimum Gasteiger partial charge on any atom is -0.460 e. The van der Waals surface area contributed by atoms with Crippen LogP contribution in [0.4, 0.5) is 0 Å². The van der Waals surface area contributed by atoms with Gasteiger partial charge >= 0.3 is 5.97 Å². The average molecular weight is 306 g/mol. The molecule has 0 spiro atoms. The standard InChI is InChI=1S/C19H30O3/c1-7-11-19(12-10-17(21)22-18(4,5)6)13-16(20)14(8-2)15(19)9-3/h8-9,16,20H,2-3,7,10-13H2,1,4-6H3. The fourth-order valence-corrected chi connectivity index (χ4v) is 3.47. The van der Waals surface area contributed by atoms with Gasteiger partial charge in [-0.05, 0) is 56.6 Å². The molecule has 0 aromatic carbocycles. The summed E-state index contributed by atoms with van der Waals surface area (Å²) in [7, 11) is 0. The van der Waals surface area contributed by atoms with Crippen molar-refractivity contribution in [1.29, 1.82) is 0 Å². The number of hydrogen-bond acceptors (Lipinski definition) is 3. The molecule has 0 saturated carbocycles. The number of carbonyl (C=O) groups excluding carboxylic acids is 1. The number of esters is 1. The second-order valence-corrected chi connectivity index (χ2v) is 7.11. The van der Waals surface area contributed by atoms with Crippen LogP contribution in [0.5, 0.6) is 0 Å². The lowest BCUT2D eigenvalue weighted by Gasteiger charge is -2.32. The first-order chi connectivity index (χ1) is 10.2. The number of rotatable bonds is 7. The number of hydrogen-bond donors (Lipinski definition) is 1. The van der Waals surface area contributed by atoms with Crippen molar-refractivity contribution >= 4 is 5.97 Å². The summed E-state index contributed by atoms with van der Waals surface area (Å²) >= 11 is 0. The highest BCUT2D eigenvalue weighted by Crippen LogP contribution is 2.50. The molecule has 2 unspecified atom stereocenters. The Kier molecular flexibility index (Phi) is 6.18. The minimum atomic E-state index is -0.518. The van der Waals surface area contributed by atoms with E-state index in [-0.39, 0.29) is 11.4 Å². The van der Waals surface area contributed by atoms with Gasteiger partial charge in [-0.15, -0.1) is 0 Å². The summed E-state index contributed by atoms with van der Waals surface area (Å²) in [6.07, 6.45) is 6.58. The van der Waals surface area contributed by atoms with E-state index in [1.54, 1.807) is 6.08 Å². The number of ether oxygens (including phenoxy) is 1. The molecule has 0 radical (unpaired) electrons. The van der Waals surface area contributed by atoms with Gasteiger partial charge < -0.3 is 9.84 Å². The smallest absolute Gasteiger partial charge is 0.306 e. The van der Waals surface area contributed by atoms with Crippen molar-refractivity contribution in [2.24, 2.45) is 5.41 Å². The summed E-state index contributed by atoms with van der Waals surface area (Å²) in [5, 5.41) is 10.3. The summed E-state index contributed by atoms with van der Waals surface area (Å²) in [5.41, 5.74) is 1.23. The molecule has 1 N–H and O–H groups in total. The average Bonchev–Trinajstić information content (AvgIpc) is 2.66. The molecule has 3 heteroatoms. The SMILES string of the molecule is C=CC1=C(C=C)C(CCC)(CCC(=O)OC(C)(C)C)CC1O. The molecule has 1 aliphatic carbocycles. The Hall–Kier alpha value is -1.35. The van der Waals surface area contributed by atoms with Gasteiger partial charge in [0.2, 0.25) is 0 Å². The molecule has 2 atom stereocenters. The molecule has 0 saturated heterocycles. The van der Waals surface area contributed by atoms with E-state index in [9.17, 15) is 9.90 Å². The van der Waals surface area contributed by atoms with Crippen LogP contribution in [0.2, 0.25) is 0 Å². The molecule has 0 amide bonds. The van der Waals surface area contributed by atoms with Crippen LogP contribution in [0.25, 0.3) is 0 Å². The van der Waals surface area contributed by atoms with Crippen LogP contribution >= 0.6 is 0 Å². The second-order valence-electron chi connectivity index (χ2n) is 7.11. The van der Waals surface area contributed by atoms with Crippen LogP contribution in [-0.2, 0) is 9.53 Å². The van der Waals surface area contributed by atoms with E-state index in [2.05, 4.69) is 20.1 Å². The monoisotopic (exact) mass is 306 g/mol. The molecule has 0 fully saturated rings. The lowest BCUT2D eigenvalue weighted by molar-refractivity contribution is -0.155. The molecular weight excluding hydrogens is 276 g/mol. The lowest BCUT2D eigenvalue weighted by atomic mass is 9.73. The van der Waals surface area contributed by atoms with Crippen molar-refractivity contribution in [1.82, 2.24) is 0 Å². The lowest BCUT2D eigenvalue weighted by Crippen LogP contribution is -2.27. The Balaban J connectivity index is 2.94. The largest absolute Gasteiger partial charge is 0.460 e.